The Balaban J connectivity index is 0. The van der Waals surface area contributed by atoms with Crippen LogP contribution in [0.5, 0.6) is 0 Å². The van der Waals surface area contributed by atoms with Crippen molar-refractivity contribution in [1.29, 1.82) is 0 Å². The fourth-order valence-electron chi connectivity index (χ4n) is 3.74. The van der Waals surface area contributed by atoms with E-state index in [0.29, 0.717) is 6.54 Å². The van der Waals surface area contributed by atoms with Gasteiger partial charge in [-0.05, 0) is 32.4 Å². The van der Waals surface area contributed by atoms with Gasteiger partial charge >= 0.3 is 0 Å². The molecule has 182 valence electrons. The van der Waals surface area contributed by atoms with E-state index in [4.69, 9.17) is 5.73 Å². The molecule has 0 rings (SSSR count). The smallest absolute Gasteiger partial charge is 0.233 e. The van der Waals surface area contributed by atoms with Gasteiger partial charge in [0.05, 0.1) is 6.54 Å². The number of halogens is 1. The molecule has 0 aromatic rings. The number of carbonyl (C=O) groups excluding carboxylic acids is 1. The van der Waals surface area contributed by atoms with E-state index in [1.54, 1.807) is 0 Å². The third-order valence-electron chi connectivity index (χ3n) is 5.70. The summed E-state index contributed by atoms with van der Waals surface area (Å²) in [6.07, 6.45) is 25.5. The first-order chi connectivity index (χ1) is 14.3. The maximum atomic E-state index is 11.6. The van der Waals surface area contributed by atoms with Crippen molar-refractivity contribution in [1.82, 2.24) is 10.6 Å². The molecule has 0 aromatic heterocycles. The van der Waals surface area contributed by atoms with E-state index in [2.05, 4.69) is 17.6 Å². The molecule has 0 saturated heterocycles. The average molecular weight is 448 g/mol. The minimum Gasteiger partial charge on any atom is -0.355 e. The molecule has 0 aliphatic heterocycles. The molecular weight excluding hydrogens is 394 g/mol. The molecule has 5 heteroatoms. The lowest BCUT2D eigenvalue weighted by molar-refractivity contribution is -0.120. The number of carbonyl (C=O) groups is 1. The summed E-state index contributed by atoms with van der Waals surface area (Å²) >= 11 is 0. The highest BCUT2D eigenvalue weighted by Gasteiger charge is 1.99. The normalized spacial score (nSPS) is 10.7. The van der Waals surface area contributed by atoms with Crippen molar-refractivity contribution in [3.05, 3.63) is 0 Å². The van der Waals surface area contributed by atoms with Crippen LogP contribution in [0.1, 0.15) is 129 Å². The van der Waals surface area contributed by atoms with E-state index in [1.807, 2.05) is 0 Å². The highest BCUT2D eigenvalue weighted by atomic mass is 35.5. The van der Waals surface area contributed by atoms with Crippen molar-refractivity contribution in [2.45, 2.75) is 129 Å². The maximum absolute atomic E-state index is 11.6. The predicted octanol–water partition coefficient (Wildman–Crippen LogP) is 6.50. The van der Waals surface area contributed by atoms with Crippen LogP contribution in [0.2, 0.25) is 0 Å². The Morgan fingerprint density at radius 1 is 0.600 bits per heavy atom. The van der Waals surface area contributed by atoms with Gasteiger partial charge < -0.3 is 16.4 Å². The van der Waals surface area contributed by atoms with Crippen molar-refractivity contribution in [2.75, 3.05) is 26.2 Å². The summed E-state index contributed by atoms with van der Waals surface area (Å²) in [5, 5.41) is 6.21. The van der Waals surface area contributed by atoms with Gasteiger partial charge in [0.25, 0.3) is 0 Å². The number of rotatable bonds is 24. The molecule has 0 atom stereocenters. The number of nitrogens with one attached hydrogen (secondary N) is 2. The minimum absolute atomic E-state index is 0. The van der Waals surface area contributed by atoms with Gasteiger partial charge in [0.15, 0.2) is 0 Å². The molecule has 30 heavy (non-hydrogen) atoms. The van der Waals surface area contributed by atoms with Crippen molar-refractivity contribution in [3.8, 4) is 0 Å². The fourth-order valence-corrected chi connectivity index (χ4v) is 3.74. The van der Waals surface area contributed by atoms with Gasteiger partial charge in [0.2, 0.25) is 5.91 Å². The third-order valence-corrected chi connectivity index (χ3v) is 5.70. The molecule has 0 saturated carbocycles. The Morgan fingerprint density at radius 2 is 1.00 bits per heavy atom. The lowest BCUT2D eigenvalue weighted by atomic mass is 10.0. The third kappa shape index (κ3) is 27.7. The van der Waals surface area contributed by atoms with Crippen molar-refractivity contribution in [3.63, 3.8) is 0 Å². The first kappa shape index (κ1) is 31.9. The second kappa shape index (κ2) is 28.7. The van der Waals surface area contributed by atoms with E-state index < -0.39 is 0 Å². The molecule has 4 nitrogen and oxygen atoms in total. The molecule has 0 aliphatic rings. The number of nitrogens with two attached hydrogens (primary N) is 1. The number of unbranched alkanes of at least 4 members (excludes halogenated alkanes) is 17. The summed E-state index contributed by atoms with van der Waals surface area (Å²) in [4.78, 5) is 11.6. The van der Waals surface area contributed by atoms with Crippen molar-refractivity contribution >= 4 is 18.3 Å². The van der Waals surface area contributed by atoms with Gasteiger partial charge in [0.1, 0.15) is 0 Å². The van der Waals surface area contributed by atoms with Crippen LogP contribution in [0.15, 0.2) is 0 Å². The summed E-state index contributed by atoms with van der Waals surface area (Å²) in [5.41, 5.74) is 5.45. The average Bonchev–Trinajstić information content (AvgIpc) is 2.72. The Bertz CT molecular complexity index is 330. The van der Waals surface area contributed by atoms with Crippen LogP contribution in [0.3, 0.4) is 0 Å². The van der Waals surface area contributed by atoms with Gasteiger partial charge in [-0.3, -0.25) is 4.79 Å². The Morgan fingerprint density at radius 3 is 1.47 bits per heavy atom. The SMILES string of the molecule is CCCCCCCCCCCCCCCCCCNCC(=O)NCCCCCN.Cl. The van der Waals surface area contributed by atoms with Crippen LogP contribution < -0.4 is 16.4 Å². The Kier molecular flexibility index (Phi) is 30.5. The van der Waals surface area contributed by atoms with E-state index in [-0.39, 0.29) is 18.3 Å². The lowest BCUT2D eigenvalue weighted by Gasteiger charge is -2.07. The Labute approximate surface area is 194 Å². The minimum atomic E-state index is 0. The second-order valence-electron chi connectivity index (χ2n) is 8.68. The quantitative estimate of drug-likeness (QED) is 0.148. The molecule has 0 spiro atoms. The van der Waals surface area contributed by atoms with Gasteiger partial charge in [-0.25, -0.2) is 0 Å². The van der Waals surface area contributed by atoms with Gasteiger partial charge in [-0.15, -0.1) is 12.4 Å². The zero-order valence-corrected chi connectivity index (χ0v) is 21.0. The first-order valence-corrected chi connectivity index (χ1v) is 13.0. The molecule has 1 amide bonds. The highest BCUT2D eigenvalue weighted by molar-refractivity contribution is 5.85. The van der Waals surface area contributed by atoms with E-state index in [1.165, 1.54) is 103 Å². The van der Waals surface area contributed by atoms with E-state index in [0.717, 1.165) is 38.9 Å². The molecule has 0 radical (unpaired) electrons. The molecule has 4 N–H and O–H groups in total. The summed E-state index contributed by atoms with van der Waals surface area (Å²) in [5.74, 6) is 0.120. The van der Waals surface area contributed by atoms with E-state index >= 15 is 0 Å². The Hall–Kier alpha value is -0.320. The highest BCUT2D eigenvalue weighted by Crippen LogP contribution is 2.13. The largest absolute Gasteiger partial charge is 0.355 e. The number of amides is 1. The van der Waals surface area contributed by atoms with Gasteiger partial charge in [0, 0.05) is 6.54 Å². The fraction of sp³-hybridized carbons (Fsp3) is 0.960. The molecule has 0 bridgehead atoms. The molecule has 0 fully saturated rings. The number of hydrogen-bond acceptors (Lipinski definition) is 3. The first-order valence-electron chi connectivity index (χ1n) is 13.0. The number of hydrogen-bond donors (Lipinski definition) is 3. The van der Waals surface area contributed by atoms with Crippen LogP contribution in [0.4, 0.5) is 0 Å². The maximum Gasteiger partial charge on any atom is 0.233 e. The van der Waals surface area contributed by atoms with Crippen molar-refractivity contribution < 1.29 is 4.79 Å². The molecule has 0 heterocycles. The van der Waals surface area contributed by atoms with Crippen LogP contribution >= 0.6 is 12.4 Å². The van der Waals surface area contributed by atoms with Gasteiger partial charge in [-0.2, -0.15) is 0 Å². The monoisotopic (exact) mass is 447 g/mol. The van der Waals surface area contributed by atoms with Crippen molar-refractivity contribution in [2.24, 2.45) is 5.73 Å². The zero-order chi connectivity index (χ0) is 21.3. The summed E-state index contributed by atoms with van der Waals surface area (Å²) in [7, 11) is 0. The van der Waals surface area contributed by atoms with Crippen LogP contribution in [0, 0.1) is 0 Å². The lowest BCUT2D eigenvalue weighted by Crippen LogP contribution is -2.34. The molecular formula is C25H54ClN3O. The summed E-state index contributed by atoms with van der Waals surface area (Å²) in [6.45, 7) is 5.22. The summed E-state index contributed by atoms with van der Waals surface area (Å²) < 4.78 is 0. The van der Waals surface area contributed by atoms with Crippen LogP contribution in [-0.2, 0) is 4.79 Å². The topological polar surface area (TPSA) is 67.2 Å². The van der Waals surface area contributed by atoms with Crippen LogP contribution in [0.25, 0.3) is 0 Å². The van der Waals surface area contributed by atoms with E-state index in [9.17, 15) is 4.79 Å². The second-order valence-corrected chi connectivity index (χ2v) is 8.68. The predicted molar refractivity (Wildman–Crippen MR) is 136 cm³/mol. The molecule has 0 unspecified atom stereocenters. The molecule has 0 aliphatic carbocycles. The van der Waals surface area contributed by atoms with Crippen LogP contribution in [-0.4, -0.2) is 32.1 Å². The summed E-state index contributed by atoms with van der Waals surface area (Å²) in [6, 6.07) is 0. The standard InChI is InChI=1S/C25H53N3O.ClH/c1-2-3-4-5-6-7-8-9-10-11-12-13-14-15-16-19-22-27-24-25(29)28-23-20-17-18-21-26;/h27H,2-24,26H2,1H3,(H,28,29);1H. The van der Waals surface area contributed by atoms with Gasteiger partial charge in [-0.1, -0.05) is 110 Å². The zero-order valence-electron chi connectivity index (χ0n) is 20.2. The molecule has 0 aromatic carbocycles.